The predicted molar refractivity (Wildman–Crippen MR) is 98.4 cm³/mol. The fraction of sp³-hybridized carbons (Fsp3) is 0.444. The van der Waals surface area contributed by atoms with E-state index in [1.165, 1.54) is 0 Å². The summed E-state index contributed by atoms with van der Waals surface area (Å²) in [5.41, 5.74) is 7.55. The van der Waals surface area contributed by atoms with Crippen LogP contribution in [0.2, 0.25) is 0 Å². The first-order chi connectivity index (χ1) is 12.3. The van der Waals surface area contributed by atoms with Gasteiger partial charge < -0.3 is 5.73 Å². The lowest BCUT2D eigenvalue weighted by Crippen LogP contribution is -2.45. The Hall–Kier alpha value is -2.19. The molecular formula is C18H22N4O3S. The maximum atomic E-state index is 13.0. The number of rotatable bonds is 2. The zero-order valence-electron chi connectivity index (χ0n) is 14.7. The minimum atomic E-state index is -3.51. The quantitative estimate of drug-likeness (QED) is 0.824. The number of anilines is 1. The highest BCUT2D eigenvalue weighted by molar-refractivity contribution is 7.89. The molecule has 26 heavy (non-hydrogen) atoms. The van der Waals surface area contributed by atoms with E-state index in [1.807, 2.05) is 19.1 Å². The molecule has 1 aliphatic carbocycles. The van der Waals surface area contributed by atoms with Crippen LogP contribution in [0, 0.1) is 6.92 Å². The summed E-state index contributed by atoms with van der Waals surface area (Å²) in [4.78, 5) is 19.4. The number of aryl methyl sites for hydroxylation is 1. The van der Waals surface area contributed by atoms with Crippen LogP contribution in [0.1, 0.15) is 36.1 Å². The average molecular weight is 374 g/mol. The van der Waals surface area contributed by atoms with Gasteiger partial charge in [0.05, 0.1) is 10.6 Å². The number of aromatic nitrogens is 2. The van der Waals surface area contributed by atoms with Crippen LogP contribution in [0.3, 0.4) is 0 Å². The summed E-state index contributed by atoms with van der Waals surface area (Å²) in [6.07, 6.45) is 2.80. The highest BCUT2D eigenvalue weighted by atomic mass is 32.2. The van der Waals surface area contributed by atoms with E-state index in [9.17, 15) is 13.2 Å². The van der Waals surface area contributed by atoms with E-state index in [4.69, 9.17) is 5.73 Å². The molecule has 0 atom stereocenters. The van der Waals surface area contributed by atoms with Gasteiger partial charge >= 0.3 is 0 Å². The number of fused-ring (bicyclic) bond motifs is 2. The zero-order valence-corrected chi connectivity index (χ0v) is 15.5. The van der Waals surface area contributed by atoms with Gasteiger partial charge in [-0.05, 0) is 44.2 Å². The Kier molecular flexibility index (Phi) is 3.92. The Morgan fingerprint density at radius 1 is 1.19 bits per heavy atom. The maximum Gasteiger partial charge on any atom is 0.255 e. The number of nitrogens with two attached hydrogens (primary N) is 1. The Balaban J connectivity index is 1.62. The van der Waals surface area contributed by atoms with E-state index in [-0.39, 0.29) is 16.9 Å². The van der Waals surface area contributed by atoms with E-state index in [0.29, 0.717) is 42.8 Å². The average Bonchev–Trinajstić information content (AvgIpc) is 2.94. The van der Waals surface area contributed by atoms with Crippen LogP contribution in [-0.2, 0) is 21.9 Å². The summed E-state index contributed by atoms with van der Waals surface area (Å²) in [5, 5.41) is 0. The van der Waals surface area contributed by atoms with Gasteiger partial charge in [-0.2, -0.15) is 4.31 Å². The summed E-state index contributed by atoms with van der Waals surface area (Å²) in [6.45, 7) is 2.65. The van der Waals surface area contributed by atoms with E-state index in [2.05, 4.69) is 9.97 Å². The topological polar surface area (TPSA) is 109 Å². The number of nitrogens with one attached hydrogen (secondary N) is 1. The van der Waals surface area contributed by atoms with Gasteiger partial charge in [0.15, 0.2) is 0 Å². The van der Waals surface area contributed by atoms with Crippen molar-refractivity contribution in [1.29, 1.82) is 0 Å². The van der Waals surface area contributed by atoms with Crippen LogP contribution in [-0.4, -0.2) is 35.8 Å². The molecule has 2 aromatic rings. The molecule has 0 amide bonds. The smallest absolute Gasteiger partial charge is 0.255 e. The molecule has 1 spiro atoms. The number of H-pyrrole nitrogens is 1. The molecule has 8 heteroatoms. The summed E-state index contributed by atoms with van der Waals surface area (Å²) >= 11 is 0. The van der Waals surface area contributed by atoms with E-state index in [1.54, 1.807) is 16.4 Å². The van der Waals surface area contributed by atoms with Gasteiger partial charge in [0, 0.05) is 24.1 Å². The maximum absolute atomic E-state index is 13.0. The third-order valence-corrected chi connectivity index (χ3v) is 7.84. The lowest BCUT2D eigenvalue weighted by molar-refractivity contribution is 0.228. The van der Waals surface area contributed by atoms with E-state index >= 15 is 0 Å². The van der Waals surface area contributed by atoms with Crippen molar-refractivity contribution in [2.45, 2.75) is 42.9 Å². The van der Waals surface area contributed by atoms with Gasteiger partial charge in [-0.1, -0.05) is 18.2 Å². The number of hydrogen-bond acceptors (Lipinski definition) is 5. The van der Waals surface area contributed by atoms with E-state index in [0.717, 1.165) is 17.7 Å². The first-order valence-corrected chi connectivity index (χ1v) is 10.2. The van der Waals surface area contributed by atoms with Crippen molar-refractivity contribution in [2.24, 2.45) is 0 Å². The first-order valence-electron chi connectivity index (χ1n) is 8.78. The standard InChI is InChI=1S/C18H22N4O3S/c1-12-4-2-3-5-14(12)26(24,25)22-10-8-18(9-11-22)7-6-13-15(18)20-17(19)21-16(13)23/h2-5H,6-11H2,1H3,(H3,19,20,21,23). The molecule has 1 aliphatic heterocycles. The summed E-state index contributed by atoms with van der Waals surface area (Å²) in [6, 6.07) is 7.05. The molecule has 2 aliphatic rings. The second-order valence-electron chi connectivity index (χ2n) is 7.23. The van der Waals surface area contributed by atoms with Gasteiger partial charge in [0.1, 0.15) is 0 Å². The minimum Gasteiger partial charge on any atom is -0.369 e. The molecule has 0 bridgehead atoms. The number of aromatic amines is 1. The van der Waals surface area contributed by atoms with Crippen molar-refractivity contribution in [3.63, 3.8) is 0 Å². The molecule has 0 radical (unpaired) electrons. The monoisotopic (exact) mass is 374 g/mol. The molecule has 1 aromatic heterocycles. The second kappa shape index (κ2) is 5.92. The van der Waals surface area contributed by atoms with Crippen LogP contribution in [0.4, 0.5) is 5.95 Å². The third-order valence-electron chi connectivity index (χ3n) is 5.78. The highest BCUT2D eigenvalue weighted by Gasteiger charge is 2.45. The zero-order chi connectivity index (χ0) is 18.5. The SMILES string of the molecule is Cc1ccccc1S(=O)(=O)N1CCC2(CCc3c2nc(N)[nH]c3=O)CC1. The predicted octanol–water partition coefficient (Wildman–Crippen LogP) is 1.33. The van der Waals surface area contributed by atoms with E-state index < -0.39 is 10.0 Å². The summed E-state index contributed by atoms with van der Waals surface area (Å²) in [5.74, 6) is 0.130. The van der Waals surface area contributed by atoms with Gasteiger partial charge in [-0.15, -0.1) is 0 Å². The lowest BCUT2D eigenvalue weighted by atomic mass is 9.77. The molecule has 1 saturated heterocycles. The molecule has 138 valence electrons. The number of benzene rings is 1. The molecule has 0 saturated carbocycles. The molecular weight excluding hydrogens is 352 g/mol. The normalized spacial score (nSPS) is 19.6. The van der Waals surface area contributed by atoms with Gasteiger partial charge in [0.25, 0.3) is 5.56 Å². The first kappa shape index (κ1) is 17.2. The number of nitrogens with zero attached hydrogens (tertiary/aromatic N) is 2. The number of sulfonamides is 1. The summed E-state index contributed by atoms with van der Waals surface area (Å²) < 4.78 is 27.6. The van der Waals surface area contributed by atoms with Crippen molar-refractivity contribution in [2.75, 3.05) is 18.8 Å². The van der Waals surface area contributed by atoms with Gasteiger partial charge in [-0.3, -0.25) is 9.78 Å². The largest absolute Gasteiger partial charge is 0.369 e. The molecule has 1 fully saturated rings. The van der Waals surface area contributed by atoms with Crippen LogP contribution in [0.15, 0.2) is 34.0 Å². The van der Waals surface area contributed by atoms with Gasteiger partial charge in [-0.25, -0.2) is 13.4 Å². The van der Waals surface area contributed by atoms with Crippen LogP contribution in [0.25, 0.3) is 0 Å². The van der Waals surface area contributed by atoms with Crippen molar-refractivity contribution < 1.29 is 8.42 Å². The number of hydrogen-bond donors (Lipinski definition) is 2. The van der Waals surface area contributed by atoms with Crippen molar-refractivity contribution >= 4 is 16.0 Å². The van der Waals surface area contributed by atoms with Crippen LogP contribution >= 0.6 is 0 Å². The molecule has 0 unspecified atom stereocenters. The van der Waals surface area contributed by atoms with Crippen molar-refractivity contribution in [1.82, 2.24) is 14.3 Å². The minimum absolute atomic E-state index is 0.130. The Bertz CT molecular complexity index is 1020. The van der Waals surface area contributed by atoms with Crippen molar-refractivity contribution in [3.8, 4) is 0 Å². The Labute approximate surface area is 152 Å². The Morgan fingerprint density at radius 2 is 1.88 bits per heavy atom. The van der Waals surface area contributed by atoms with Crippen LogP contribution < -0.4 is 11.3 Å². The molecule has 1 aromatic carbocycles. The molecule has 2 heterocycles. The Morgan fingerprint density at radius 3 is 2.58 bits per heavy atom. The third kappa shape index (κ3) is 2.55. The fourth-order valence-electron chi connectivity index (χ4n) is 4.29. The summed E-state index contributed by atoms with van der Waals surface area (Å²) in [7, 11) is -3.51. The lowest BCUT2D eigenvalue weighted by Gasteiger charge is -2.38. The second-order valence-corrected chi connectivity index (χ2v) is 9.13. The van der Waals surface area contributed by atoms with Gasteiger partial charge in [0.2, 0.25) is 16.0 Å². The number of nitrogen functional groups attached to an aromatic ring is 1. The fourth-order valence-corrected chi connectivity index (χ4v) is 5.96. The molecule has 3 N–H and O–H groups in total. The highest BCUT2D eigenvalue weighted by Crippen LogP contribution is 2.45. The number of piperidine rings is 1. The van der Waals surface area contributed by atoms with Crippen molar-refractivity contribution in [3.05, 3.63) is 51.4 Å². The molecule has 4 rings (SSSR count). The van der Waals surface area contributed by atoms with Crippen LogP contribution in [0.5, 0.6) is 0 Å². The molecule has 7 nitrogen and oxygen atoms in total.